The van der Waals surface area contributed by atoms with Gasteiger partial charge >= 0.3 is 0 Å². The minimum atomic E-state index is -0.820. The molecule has 2 N–H and O–H groups in total. The molecule has 1 atom stereocenters. The molecule has 0 heterocycles. The van der Waals surface area contributed by atoms with Crippen molar-refractivity contribution in [1.29, 1.82) is 0 Å². The van der Waals surface area contributed by atoms with E-state index in [1.54, 1.807) is 6.07 Å². The molecule has 0 aliphatic carbocycles. The topological polar surface area (TPSA) is 32.3 Å². The molecule has 1 aromatic carbocycles. The van der Waals surface area contributed by atoms with Crippen LogP contribution in [0, 0.1) is 0 Å². The van der Waals surface area contributed by atoms with E-state index in [1.807, 2.05) is 32.2 Å². The highest BCUT2D eigenvalue weighted by Gasteiger charge is 2.26. The number of likely N-dealkylation sites (N-methyl/N-ethyl adjacent to an activating group) is 1. The molecule has 14 heavy (non-hydrogen) atoms. The molecule has 0 saturated heterocycles. The maximum atomic E-state index is 10.3. The van der Waals surface area contributed by atoms with Gasteiger partial charge in [0.2, 0.25) is 0 Å². The van der Waals surface area contributed by atoms with E-state index in [4.69, 9.17) is 11.6 Å². The summed E-state index contributed by atoms with van der Waals surface area (Å²) in [6.07, 6.45) is 0.661. The standard InChI is InChI=1S/C11H16ClNO/c1-3-11(14,8-13-2)9-5-4-6-10(12)7-9/h4-7,13-14H,3,8H2,1-2H3. The first-order chi connectivity index (χ1) is 6.62. The second kappa shape index (κ2) is 4.78. The zero-order valence-electron chi connectivity index (χ0n) is 8.55. The van der Waals surface area contributed by atoms with E-state index in [9.17, 15) is 5.11 Å². The average Bonchev–Trinajstić information content (AvgIpc) is 2.18. The van der Waals surface area contributed by atoms with Crippen LogP contribution in [0.4, 0.5) is 0 Å². The third kappa shape index (κ3) is 2.47. The van der Waals surface area contributed by atoms with Crippen molar-refractivity contribution in [3.8, 4) is 0 Å². The first kappa shape index (κ1) is 11.5. The van der Waals surface area contributed by atoms with Gasteiger partial charge in [-0.25, -0.2) is 0 Å². The maximum absolute atomic E-state index is 10.3. The highest BCUT2D eigenvalue weighted by Crippen LogP contribution is 2.26. The molecular weight excluding hydrogens is 198 g/mol. The van der Waals surface area contributed by atoms with Crippen LogP contribution in [0.3, 0.4) is 0 Å². The highest BCUT2D eigenvalue weighted by molar-refractivity contribution is 6.30. The summed E-state index contributed by atoms with van der Waals surface area (Å²) in [5.74, 6) is 0. The van der Waals surface area contributed by atoms with Crippen molar-refractivity contribution in [2.75, 3.05) is 13.6 Å². The Labute approximate surface area is 89.9 Å². The summed E-state index contributed by atoms with van der Waals surface area (Å²) in [5, 5.41) is 13.9. The van der Waals surface area contributed by atoms with E-state index in [2.05, 4.69) is 5.32 Å². The fourth-order valence-electron chi connectivity index (χ4n) is 1.50. The summed E-state index contributed by atoms with van der Waals surface area (Å²) in [6, 6.07) is 7.36. The molecule has 0 bridgehead atoms. The molecule has 0 aromatic heterocycles. The zero-order valence-corrected chi connectivity index (χ0v) is 9.30. The minimum Gasteiger partial charge on any atom is -0.384 e. The fourth-order valence-corrected chi connectivity index (χ4v) is 1.69. The predicted octanol–water partition coefficient (Wildman–Crippen LogP) is 2.16. The van der Waals surface area contributed by atoms with Crippen LogP contribution in [0.2, 0.25) is 5.02 Å². The third-order valence-electron chi connectivity index (χ3n) is 2.42. The van der Waals surface area contributed by atoms with Crippen molar-refractivity contribution in [2.24, 2.45) is 0 Å². The van der Waals surface area contributed by atoms with Crippen LogP contribution in [-0.2, 0) is 5.60 Å². The lowest BCUT2D eigenvalue weighted by atomic mass is 9.91. The number of benzene rings is 1. The molecule has 0 fully saturated rings. The van der Waals surface area contributed by atoms with E-state index >= 15 is 0 Å². The smallest absolute Gasteiger partial charge is 0.102 e. The van der Waals surface area contributed by atoms with E-state index in [0.717, 1.165) is 5.56 Å². The third-order valence-corrected chi connectivity index (χ3v) is 2.65. The van der Waals surface area contributed by atoms with Gasteiger partial charge in [0.15, 0.2) is 0 Å². The Bertz CT molecular complexity index is 303. The maximum Gasteiger partial charge on any atom is 0.102 e. The van der Waals surface area contributed by atoms with Gasteiger partial charge in [0.05, 0.1) is 0 Å². The molecule has 2 nitrogen and oxygen atoms in total. The van der Waals surface area contributed by atoms with Crippen molar-refractivity contribution in [3.63, 3.8) is 0 Å². The van der Waals surface area contributed by atoms with Crippen LogP contribution in [0.5, 0.6) is 0 Å². The predicted molar refractivity (Wildman–Crippen MR) is 59.6 cm³/mol. The zero-order chi connectivity index (χ0) is 10.6. The van der Waals surface area contributed by atoms with Gasteiger partial charge in [-0.15, -0.1) is 0 Å². The van der Waals surface area contributed by atoms with Crippen molar-refractivity contribution in [2.45, 2.75) is 18.9 Å². The Hall–Kier alpha value is -0.570. The fraction of sp³-hybridized carbons (Fsp3) is 0.455. The van der Waals surface area contributed by atoms with Gasteiger partial charge in [-0.2, -0.15) is 0 Å². The number of nitrogens with one attached hydrogen (secondary N) is 1. The van der Waals surface area contributed by atoms with Gasteiger partial charge in [-0.3, -0.25) is 0 Å². The molecule has 0 spiro atoms. The lowest BCUT2D eigenvalue weighted by Crippen LogP contribution is -2.35. The molecule has 0 amide bonds. The lowest BCUT2D eigenvalue weighted by molar-refractivity contribution is 0.0346. The largest absolute Gasteiger partial charge is 0.384 e. The van der Waals surface area contributed by atoms with Crippen LogP contribution in [0.1, 0.15) is 18.9 Å². The summed E-state index contributed by atoms with van der Waals surface area (Å²) in [6.45, 7) is 2.49. The van der Waals surface area contributed by atoms with Gasteiger partial charge in [-0.1, -0.05) is 30.7 Å². The number of hydrogen-bond donors (Lipinski definition) is 2. The van der Waals surface area contributed by atoms with Gasteiger partial charge in [0.1, 0.15) is 5.60 Å². The van der Waals surface area contributed by atoms with Crippen LogP contribution >= 0.6 is 11.6 Å². The highest BCUT2D eigenvalue weighted by atomic mass is 35.5. The second-order valence-electron chi connectivity index (χ2n) is 3.43. The Morgan fingerprint density at radius 2 is 2.21 bits per heavy atom. The van der Waals surface area contributed by atoms with Crippen LogP contribution in [-0.4, -0.2) is 18.7 Å². The second-order valence-corrected chi connectivity index (χ2v) is 3.86. The Morgan fingerprint density at radius 1 is 1.50 bits per heavy atom. The van der Waals surface area contributed by atoms with Gasteiger partial charge < -0.3 is 10.4 Å². The molecule has 0 radical (unpaired) electrons. The molecule has 1 rings (SSSR count). The molecule has 0 aliphatic heterocycles. The lowest BCUT2D eigenvalue weighted by Gasteiger charge is -2.27. The van der Waals surface area contributed by atoms with Crippen molar-refractivity contribution in [3.05, 3.63) is 34.9 Å². The Balaban J connectivity index is 2.99. The van der Waals surface area contributed by atoms with Gasteiger partial charge in [0.25, 0.3) is 0 Å². The molecule has 78 valence electrons. The molecular formula is C11H16ClNO. The Kier molecular flexibility index (Phi) is 3.93. The van der Waals surface area contributed by atoms with Crippen molar-refractivity contribution >= 4 is 11.6 Å². The number of rotatable bonds is 4. The quantitative estimate of drug-likeness (QED) is 0.804. The summed E-state index contributed by atoms with van der Waals surface area (Å²) in [7, 11) is 1.82. The normalized spacial score (nSPS) is 15.1. The monoisotopic (exact) mass is 213 g/mol. The van der Waals surface area contributed by atoms with Crippen LogP contribution < -0.4 is 5.32 Å². The van der Waals surface area contributed by atoms with E-state index < -0.39 is 5.60 Å². The SMILES string of the molecule is CCC(O)(CNC)c1cccc(Cl)c1. The summed E-state index contributed by atoms with van der Waals surface area (Å²) < 4.78 is 0. The molecule has 0 aliphatic rings. The first-order valence-electron chi connectivity index (χ1n) is 4.75. The number of hydrogen-bond acceptors (Lipinski definition) is 2. The molecule has 1 aromatic rings. The van der Waals surface area contributed by atoms with E-state index in [0.29, 0.717) is 18.0 Å². The van der Waals surface area contributed by atoms with Gasteiger partial charge in [0, 0.05) is 11.6 Å². The van der Waals surface area contributed by atoms with E-state index in [1.165, 1.54) is 0 Å². The van der Waals surface area contributed by atoms with Crippen molar-refractivity contribution in [1.82, 2.24) is 5.32 Å². The summed E-state index contributed by atoms with van der Waals surface area (Å²) in [4.78, 5) is 0. The van der Waals surface area contributed by atoms with Crippen LogP contribution in [0.25, 0.3) is 0 Å². The molecule has 0 saturated carbocycles. The first-order valence-corrected chi connectivity index (χ1v) is 5.13. The number of halogens is 1. The molecule has 1 unspecified atom stereocenters. The van der Waals surface area contributed by atoms with E-state index in [-0.39, 0.29) is 0 Å². The van der Waals surface area contributed by atoms with Crippen LogP contribution in [0.15, 0.2) is 24.3 Å². The van der Waals surface area contributed by atoms with Crippen molar-refractivity contribution < 1.29 is 5.11 Å². The summed E-state index contributed by atoms with van der Waals surface area (Å²) >= 11 is 5.88. The van der Waals surface area contributed by atoms with Gasteiger partial charge in [-0.05, 0) is 31.2 Å². The Morgan fingerprint density at radius 3 is 2.71 bits per heavy atom. The number of aliphatic hydroxyl groups is 1. The minimum absolute atomic E-state index is 0.532. The summed E-state index contributed by atoms with van der Waals surface area (Å²) in [5.41, 5.74) is 0.0430. The molecule has 3 heteroatoms. The average molecular weight is 214 g/mol.